The minimum absolute atomic E-state index is 0.346. The van der Waals surface area contributed by atoms with Gasteiger partial charge in [-0.25, -0.2) is 0 Å². The molecule has 2 fully saturated rings. The molecule has 0 spiro atoms. The van der Waals surface area contributed by atoms with Gasteiger partial charge in [0, 0.05) is 29.7 Å². The van der Waals surface area contributed by atoms with E-state index in [1.54, 1.807) is 0 Å². The predicted molar refractivity (Wildman–Crippen MR) is 130 cm³/mol. The van der Waals surface area contributed by atoms with Gasteiger partial charge in [-0.2, -0.15) is 0 Å². The molecule has 0 radical (unpaired) electrons. The lowest BCUT2D eigenvalue weighted by Crippen LogP contribution is -2.49. The maximum absolute atomic E-state index is 11.4. The van der Waals surface area contributed by atoms with Crippen LogP contribution >= 0.6 is 11.6 Å². The smallest absolute Gasteiger partial charge is 0.0846 e. The van der Waals surface area contributed by atoms with Crippen LogP contribution in [0.5, 0.6) is 0 Å². The number of para-hydroxylation sites is 1. The molecule has 1 heterocycles. The second kappa shape index (κ2) is 9.85. The second-order valence-corrected chi connectivity index (χ2v) is 10.7. The van der Waals surface area contributed by atoms with Gasteiger partial charge in [0.15, 0.2) is 0 Å². The Hall–Kier alpha value is -1.03. The number of aromatic nitrogens is 1. The molecule has 1 aromatic carbocycles. The lowest BCUT2D eigenvalue weighted by atomic mass is 9.88. The number of hydrogen-bond acceptors (Lipinski definition) is 2. The first kappa shape index (κ1) is 21.8. The van der Waals surface area contributed by atoms with E-state index in [0.29, 0.717) is 18.6 Å². The SMILES string of the molecule is O[C@@H](CN(C1CCCCC1)C1CCCCC1)Cn1c2c(c3cccc(Cl)c31)CCCC2. The fourth-order valence-corrected chi connectivity index (χ4v) is 7.06. The third kappa shape index (κ3) is 4.56. The lowest BCUT2D eigenvalue weighted by molar-refractivity contribution is 0.0235. The molecule has 3 nitrogen and oxygen atoms in total. The zero-order valence-corrected chi connectivity index (χ0v) is 19.8. The van der Waals surface area contributed by atoms with Gasteiger partial charge < -0.3 is 9.67 Å². The molecule has 31 heavy (non-hydrogen) atoms. The summed E-state index contributed by atoms with van der Waals surface area (Å²) in [7, 11) is 0. The van der Waals surface area contributed by atoms with Gasteiger partial charge in [-0.05, 0) is 63.0 Å². The number of halogens is 1. The van der Waals surface area contributed by atoms with E-state index in [4.69, 9.17) is 11.6 Å². The Morgan fingerprint density at radius 2 is 1.55 bits per heavy atom. The minimum Gasteiger partial charge on any atom is -0.390 e. The average Bonchev–Trinajstić information content (AvgIpc) is 3.13. The van der Waals surface area contributed by atoms with Crippen molar-refractivity contribution in [3.05, 3.63) is 34.5 Å². The number of nitrogens with zero attached hydrogens (tertiary/aromatic N) is 2. The monoisotopic (exact) mass is 442 g/mol. The lowest BCUT2D eigenvalue weighted by Gasteiger charge is -2.42. The summed E-state index contributed by atoms with van der Waals surface area (Å²) in [5, 5.41) is 13.5. The van der Waals surface area contributed by atoms with E-state index in [1.807, 2.05) is 6.07 Å². The first-order valence-corrected chi connectivity index (χ1v) is 13.3. The quantitative estimate of drug-likeness (QED) is 0.552. The normalized spacial score (nSPS) is 22.2. The number of benzene rings is 1. The molecule has 0 aliphatic heterocycles. The molecule has 170 valence electrons. The molecule has 2 aromatic rings. The molecule has 5 rings (SSSR count). The molecule has 1 atom stereocenters. The van der Waals surface area contributed by atoms with E-state index >= 15 is 0 Å². The second-order valence-electron chi connectivity index (χ2n) is 10.3. The summed E-state index contributed by atoms with van der Waals surface area (Å²) in [6.07, 6.45) is 17.9. The first-order chi connectivity index (χ1) is 15.2. The number of rotatable bonds is 6. The number of hydrogen-bond donors (Lipinski definition) is 1. The van der Waals surface area contributed by atoms with Gasteiger partial charge in [-0.1, -0.05) is 62.3 Å². The number of aryl methyl sites for hydroxylation is 1. The van der Waals surface area contributed by atoms with E-state index in [1.165, 1.54) is 93.7 Å². The molecule has 0 saturated heterocycles. The van der Waals surface area contributed by atoms with Crippen molar-refractivity contribution in [2.45, 2.75) is 115 Å². The van der Waals surface area contributed by atoms with Crippen LogP contribution < -0.4 is 0 Å². The summed E-state index contributed by atoms with van der Waals surface area (Å²) in [4.78, 5) is 2.74. The number of fused-ring (bicyclic) bond motifs is 3. The third-order valence-electron chi connectivity index (χ3n) is 8.25. The van der Waals surface area contributed by atoms with Gasteiger partial charge in [-0.15, -0.1) is 0 Å². The van der Waals surface area contributed by atoms with Crippen molar-refractivity contribution in [3.8, 4) is 0 Å². The van der Waals surface area contributed by atoms with E-state index in [2.05, 4.69) is 21.6 Å². The molecule has 0 bridgehead atoms. The van der Waals surface area contributed by atoms with Crippen molar-refractivity contribution in [1.82, 2.24) is 9.47 Å². The Morgan fingerprint density at radius 3 is 2.23 bits per heavy atom. The Balaban J connectivity index is 1.39. The molecule has 3 aliphatic rings. The highest BCUT2D eigenvalue weighted by Crippen LogP contribution is 2.36. The van der Waals surface area contributed by atoms with Crippen molar-refractivity contribution in [2.24, 2.45) is 0 Å². The van der Waals surface area contributed by atoms with Crippen molar-refractivity contribution in [3.63, 3.8) is 0 Å². The molecule has 0 amide bonds. The first-order valence-electron chi connectivity index (χ1n) is 12.9. The minimum atomic E-state index is -0.346. The van der Waals surface area contributed by atoms with Crippen LogP contribution in [-0.4, -0.2) is 39.3 Å². The van der Waals surface area contributed by atoms with E-state index < -0.39 is 0 Å². The maximum atomic E-state index is 11.4. The van der Waals surface area contributed by atoms with Gasteiger partial charge in [-0.3, -0.25) is 4.90 Å². The van der Waals surface area contributed by atoms with Crippen LogP contribution in [0.1, 0.15) is 88.3 Å². The van der Waals surface area contributed by atoms with Crippen molar-refractivity contribution < 1.29 is 5.11 Å². The molecule has 2 saturated carbocycles. The van der Waals surface area contributed by atoms with Crippen LogP contribution in [0.3, 0.4) is 0 Å². The third-order valence-corrected chi connectivity index (χ3v) is 8.55. The van der Waals surface area contributed by atoms with Crippen molar-refractivity contribution in [2.75, 3.05) is 6.54 Å². The van der Waals surface area contributed by atoms with E-state index in [-0.39, 0.29) is 6.10 Å². The zero-order chi connectivity index (χ0) is 21.2. The van der Waals surface area contributed by atoms with Crippen LogP contribution in [-0.2, 0) is 19.4 Å². The maximum Gasteiger partial charge on any atom is 0.0846 e. The highest BCUT2D eigenvalue weighted by molar-refractivity contribution is 6.35. The number of aliphatic hydroxyl groups is 1. The fourth-order valence-electron chi connectivity index (χ4n) is 6.78. The largest absolute Gasteiger partial charge is 0.390 e. The molecule has 3 aliphatic carbocycles. The van der Waals surface area contributed by atoms with Crippen LogP contribution in [0.2, 0.25) is 5.02 Å². The summed E-state index contributed by atoms with van der Waals surface area (Å²) in [5.74, 6) is 0. The molecule has 1 N–H and O–H groups in total. The molecule has 0 unspecified atom stereocenters. The average molecular weight is 443 g/mol. The highest BCUT2D eigenvalue weighted by Gasteiger charge is 2.31. The summed E-state index contributed by atoms with van der Waals surface area (Å²) in [6, 6.07) is 7.66. The Labute approximate surface area is 192 Å². The Kier molecular flexibility index (Phi) is 6.93. The van der Waals surface area contributed by atoms with Crippen molar-refractivity contribution in [1.29, 1.82) is 0 Å². The van der Waals surface area contributed by atoms with E-state index in [9.17, 15) is 5.11 Å². The molecular formula is C27H39ClN2O. The van der Waals surface area contributed by atoms with Gasteiger partial charge in [0.2, 0.25) is 0 Å². The predicted octanol–water partition coefficient (Wildman–Crippen LogP) is 6.50. The van der Waals surface area contributed by atoms with Crippen LogP contribution in [0.25, 0.3) is 10.9 Å². The Morgan fingerprint density at radius 1 is 0.903 bits per heavy atom. The summed E-state index contributed by atoms with van der Waals surface area (Å²) < 4.78 is 2.39. The van der Waals surface area contributed by atoms with Gasteiger partial charge in [0.05, 0.1) is 23.2 Å². The summed E-state index contributed by atoms with van der Waals surface area (Å²) in [5.41, 5.74) is 4.06. The summed E-state index contributed by atoms with van der Waals surface area (Å²) >= 11 is 6.70. The fraction of sp³-hybridized carbons (Fsp3) is 0.704. The van der Waals surface area contributed by atoms with Crippen LogP contribution in [0.4, 0.5) is 0 Å². The zero-order valence-electron chi connectivity index (χ0n) is 19.0. The molecule has 1 aromatic heterocycles. The van der Waals surface area contributed by atoms with Gasteiger partial charge in [0.1, 0.15) is 0 Å². The van der Waals surface area contributed by atoms with Crippen LogP contribution in [0, 0.1) is 0 Å². The topological polar surface area (TPSA) is 28.4 Å². The van der Waals surface area contributed by atoms with Crippen LogP contribution in [0.15, 0.2) is 18.2 Å². The van der Waals surface area contributed by atoms with E-state index in [0.717, 1.165) is 29.9 Å². The summed E-state index contributed by atoms with van der Waals surface area (Å²) in [6.45, 7) is 1.49. The number of aliphatic hydroxyl groups excluding tert-OH is 1. The Bertz CT molecular complexity index is 861. The van der Waals surface area contributed by atoms with Gasteiger partial charge in [0.25, 0.3) is 0 Å². The van der Waals surface area contributed by atoms with Crippen molar-refractivity contribution >= 4 is 22.5 Å². The highest BCUT2D eigenvalue weighted by atomic mass is 35.5. The molecular weight excluding hydrogens is 404 g/mol. The standard InChI is InChI=1S/C27H39ClN2O/c28-25-16-9-15-24-23-14-7-8-17-26(23)30(27(24)25)19-22(31)18-29(20-10-3-1-4-11-20)21-12-5-2-6-13-21/h9,15-16,20-22,31H,1-8,10-14,17-19H2/t22-/m0/s1. The van der Waals surface area contributed by atoms with Gasteiger partial charge >= 0.3 is 0 Å². The molecule has 4 heteroatoms.